The van der Waals surface area contributed by atoms with Crippen molar-refractivity contribution in [1.29, 1.82) is 0 Å². The van der Waals surface area contributed by atoms with Crippen LogP contribution in [0.25, 0.3) is 4.83 Å². The quantitative estimate of drug-likeness (QED) is 0.758. The average Bonchev–Trinajstić information content (AvgIpc) is 2.90. The molecule has 0 radical (unpaired) electrons. The Morgan fingerprint density at radius 3 is 3.18 bits per heavy atom. The van der Waals surface area contributed by atoms with Crippen LogP contribution in [0.1, 0.15) is 23.8 Å². The molecular weight excluding hydrogens is 236 g/mol. The van der Waals surface area contributed by atoms with Gasteiger partial charge in [-0.2, -0.15) is 0 Å². The molecule has 0 aliphatic heterocycles. The van der Waals surface area contributed by atoms with E-state index in [9.17, 15) is 4.79 Å². The molecule has 0 unspecified atom stereocenters. The van der Waals surface area contributed by atoms with E-state index in [-0.39, 0.29) is 5.91 Å². The molecule has 2 N–H and O–H groups in total. The van der Waals surface area contributed by atoms with Crippen molar-refractivity contribution in [3.8, 4) is 0 Å². The molecular formula is C11H16N4OS. The van der Waals surface area contributed by atoms with Crippen molar-refractivity contribution in [2.24, 2.45) is 0 Å². The lowest BCUT2D eigenvalue weighted by atomic mass is 10.4. The summed E-state index contributed by atoms with van der Waals surface area (Å²) in [6, 6.07) is 0. The standard InChI is InChI=1S/C11H16N4OS/c1-2-3-12-4-5-14-11(16)9-7-17-10-6-13-8-15(9)10/h6-8,12H,2-5H2,1H3,(H,14,16). The van der Waals surface area contributed by atoms with Gasteiger partial charge >= 0.3 is 0 Å². The molecule has 0 fully saturated rings. The number of carbonyl (C=O) groups excluding carboxylic acids is 1. The summed E-state index contributed by atoms with van der Waals surface area (Å²) < 4.78 is 1.81. The highest BCUT2D eigenvalue weighted by Crippen LogP contribution is 2.15. The van der Waals surface area contributed by atoms with Gasteiger partial charge in [0.2, 0.25) is 0 Å². The van der Waals surface area contributed by atoms with Gasteiger partial charge in [-0.15, -0.1) is 11.3 Å². The van der Waals surface area contributed by atoms with E-state index in [1.165, 1.54) is 11.3 Å². The lowest BCUT2D eigenvalue weighted by molar-refractivity contribution is 0.0948. The maximum Gasteiger partial charge on any atom is 0.269 e. The van der Waals surface area contributed by atoms with Crippen molar-refractivity contribution in [3.05, 3.63) is 23.6 Å². The van der Waals surface area contributed by atoms with Gasteiger partial charge in [0.1, 0.15) is 16.9 Å². The van der Waals surface area contributed by atoms with Crippen molar-refractivity contribution in [2.75, 3.05) is 19.6 Å². The fraction of sp³-hybridized carbons (Fsp3) is 0.455. The number of hydrogen-bond donors (Lipinski definition) is 2. The van der Waals surface area contributed by atoms with E-state index >= 15 is 0 Å². The largest absolute Gasteiger partial charge is 0.349 e. The third-order valence-electron chi connectivity index (χ3n) is 2.40. The van der Waals surface area contributed by atoms with Gasteiger partial charge in [0, 0.05) is 18.5 Å². The van der Waals surface area contributed by atoms with Gasteiger partial charge < -0.3 is 10.6 Å². The minimum absolute atomic E-state index is 0.0486. The zero-order chi connectivity index (χ0) is 12.1. The summed E-state index contributed by atoms with van der Waals surface area (Å²) in [6.07, 6.45) is 4.52. The van der Waals surface area contributed by atoms with Crippen LogP contribution in [-0.4, -0.2) is 34.9 Å². The first-order valence-corrected chi connectivity index (χ1v) is 6.59. The zero-order valence-electron chi connectivity index (χ0n) is 9.77. The number of thiazole rings is 1. The second kappa shape index (κ2) is 5.79. The Kier molecular flexibility index (Phi) is 4.11. The monoisotopic (exact) mass is 252 g/mol. The molecule has 0 aromatic carbocycles. The van der Waals surface area contributed by atoms with Crippen molar-refractivity contribution in [3.63, 3.8) is 0 Å². The third-order valence-corrected chi connectivity index (χ3v) is 3.29. The number of rotatable bonds is 6. The molecule has 5 nitrogen and oxygen atoms in total. The van der Waals surface area contributed by atoms with Gasteiger partial charge in [-0.25, -0.2) is 4.98 Å². The molecule has 2 heterocycles. The van der Waals surface area contributed by atoms with Crippen molar-refractivity contribution in [2.45, 2.75) is 13.3 Å². The van der Waals surface area contributed by atoms with Crippen LogP contribution in [0.5, 0.6) is 0 Å². The minimum atomic E-state index is -0.0486. The molecule has 1 amide bonds. The summed E-state index contributed by atoms with van der Waals surface area (Å²) in [4.78, 5) is 16.9. The number of hydrogen-bond acceptors (Lipinski definition) is 4. The summed E-state index contributed by atoms with van der Waals surface area (Å²) in [7, 11) is 0. The number of nitrogens with one attached hydrogen (secondary N) is 2. The van der Waals surface area contributed by atoms with Crippen LogP contribution in [0.4, 0.5) is 0 Å². The van der Waals surface area contributed by atoms with E-state index in [0.29, 0.717) is 12.2 Å². The van der Waals surface area contributed by atoms with E-state index in [4.69, 9.17) is 0 Å². The van der Waals surface area contributed by atoms with Gasteiger partial charge in [0.15, 0.2) is 0 Å². The molecule has 0 aliphatic rings. The summed E-state index contributed by atoms with van der Waals surface area (Å²) in [5, 5.41) is 7.97. The number of carbonyl (C=O) groups is 1. The van der Waals surface area contributed by atoms with Crippen molar-refractivity contribution >= 4 is 22.1 Å². The molecule has 92 valence electrons. The third kappa shape index (κ3) is 2.83. The van der Waals surface area contributed by atoms with Crippen LogP contribution < -0.4 is 10.6 Å². The van der Waals surface area contributed by atoms with E-state index < -0.39 is 0 Å². The second-order valence-electron chi connectivity index (χ2n) is 3.73. The summed E-state index contributed by atoms with van der Waals surface area (Å²) in [6.45, 7) is 4.55. The van der Waals surface area contributed by atoms with Crippen LogP contribution in [0.3, 0.4) is 0 Å². The van der Waals surface area contributed by atoms with E-state index in [1.807, 2.05) is 5.38 Å². The fourth-order valence-corrected chi connectivity index (χ4v) is 2.38. The van der Waals surface area contributed by atoms with Gasteiger partial charge in [-0.3, -0.25) is 9.20 Å². The summed E-state index contributed by atoms with van der Waals surface area (Å²) in [5.74, 6) is -0.0486. The highest BCUT2D eigenvalue weighted by molar-refractivity contribution is 7.15. The Bertz CT molecular complexity index is 490. The maximum atomic E-state index is 11.9. The molecule has 0 spiro atoms. The van der Waals surface area contributed by atoms with E-state index in [0.717, 1.165) is 24.3 Å². The van der Waals surface area contributed by atoms with Crippen LogP contribution in [-0.2, 0) is 0 Å². The van der Waals surface area contributed by atoms with Crippen LogP contribution in [0, 0.1) is 0 Å². The van der Waals surface area contributed by atoms with Gasteiger partial charge in [0.05, 0.1) is 6.20 Å². The number of fused-ring (bicyclic) bond motifs is 1. The van der Waals surface area contributed by atoms with Gasteiger partial charge in [-0.1, -0.05) is 6.92 Å². The Morgan fingerprint density at radius 1 is 1.47 bits per heavy atom. The highest BCUT2D eigenvalue weighted by Gasteiger charge is 2.11. The number of imidazole rings is 1. The summed E-state index contributed by atoms with van der Waals surface area (Å²) >= 11 is 1.52. The summed E-state index contributed by atoms with van der Waals surface area (Å²) in [5.41, 5.74) is 0.651. The Labute approximate surface area is 104 Å². The molecule has 0 bridgehead atoms. The van der Waals surface area contributed by atoms with Crippen LogP contribution >= 0.6 is 11.3 Å². The topological polar surface area (TPSA) is 58.4 Å². The zero-order valence-corrected chi connectivity index (χ0v) is 10.6. The molecule has 0 saturated carbocycles. The predicted molar refractivity (Wildman–Crippen MR) is 68.6 cm³/mol. The minimum Gasteiger partial charge on any atom is -0.349 e. The normalized spacial score (nSPS) is 10.9. The molecule has 0 saturated heterocycles. The molecule has 0 atom stereocenters. The smallest absolute Gasteiger partial charge is 0.269 e. The molecule has 2 aromatic rings. The van der Waals surface area contributed by atoms with Crippen molar-refractivity contribution < 1.29 is 4.79 Å². The fourth-order valence-electron chi connectivity index (χ4n) is 1.54. The number of amides is 1. The molecule has 2 aromatic heterocycles. The van der Waals surface area contributed by atoms with Gasteiger partial charge in [0.25, 0.3) is 5.91 Å². The first kappa shape index (κ1) is 12.1. The molecule has 2 rings (SSSR count). The Hall–Kier alpha value is -1.40. The van der Waals surface area contributed by atoms with Crippen LogP contribution in [0.15, 0.2) is 17.9 Å². The Balaban J connectivity index is 1.86. The SMILES string of the molecule is CCCNCCNC(=O)c1csc2cncn12. The lowest BCUT2D eigenvalue weighted by Gasteiger charge is -2.05. The van der Waals surface area contributed by atoms with Gasteiger partial charge in [-0.05, 0) is 13.0 Å². The first-order chi connectivity index (χ1) is 8.33. The molecule has 17 heavy (non-hydrogen) atoms. The Morgan fingerprint density at radius 2 is 2.35 bits per heavy atom. The first-order valence-electron chi connectivity index (χ1n) is 5.71. The molecule has 0 aliphatic carbocycles. The predicted octanol–water partition coefficient (Wildman–Crippen LogP) is 1.13. The molecule has 6 heteroatoms. The highest BCUT2D eigenvalue weighted by atomic mass is 32.1. The second-order valence-corrected chi connectivity index (χ2v) is 4.62. The average molecular weight is 252 g/mol. The number of nitrogens with zero attached hydrogens (tertiary/aromatic N) is 2. The lowest BCUT2D eigenvalue weighted by Crippen LogP contribution is -2.32. The maximum absolute atomic E-state index is 11.9. The number of aromatic nitrogens is 2. The van der Waals surface area contributed by atoms with Crippen LogP contribution in [0.2, 0.25) is 0 Å². The van der Waals surface area contributed by atoms with E-state index in [2.05, 4.69) is 22.5 Å². The van der Waals surface area contributed by atoms with Crippen molar-refractivity contribution in [1.82, 2.24) is 20.0 Å². The van der Waals surface area contributed by atoms with E-state index in [1.54, 1.807) is 16.9 Å².